The lowest BCUT2D eigenvalue weighted by molar-refractivity contribution is -0.136. The number of nitrogens with one attached hydrogen (secondary N) is 1. The van der Waals surface area contributed by atoms with Crippen molar-refractivity contribution in [3.05, 3.63) is 102 Å². The molecule has 182 valence electrons. The molecule has 0 bridgehead atoms. The number of nitrogens with zero attached hydrogens (tertiary/aromatic N) is 3. The molecule has 0 aliphatic carbocycles. The van der Waals surface area contributed by atoms with Crippen LogP contribution >= 0.6 is 0 Å². The molecule has 1 unspecified atom stereocenters. The molecule has 4 aromatic rings. The van der Waals surface area contributed by atoms with E-state index in [0.717, 1.165) is 22.6 Å². The van der Waals surface area contributed by atoms with Crippen LogP contribution in [0.15, 0.2) is 85.1 Å². The number of ether oxygens (including phenoxy) is 1. The van der Waals surface area contributed by atoms with Crippen LogP contribution in [0.1, 0.15) is 24.7 Å². The molecule has 5 rings (SSSR count). The minimum Gasteiger partial charge on any atom is -0.481 e. The maximum atomic E-state index is 13.6. The molecule has 1 aromatic heterocycles. The number of hydrogen-bond acceptors (Lipinski definition) is 4. The average molecular weight is 483 g/mol. The Balaban J connectivity index is 1.45. The molecule has 1 amide bonds. The van der Waals surface area contributed by atoms with E-state index in [1.54, 1.807) is 23.2 Å². The largest absolute Gasteiger partial charge is 0.481 e. The third kappa shape index (κ3) is 4.86. The van der Waals surface area contributed by atoms with Gasteiger partial charge in [0.25, 0.3) is 5.91 Å². The Morgan fingerprint density at radius 3 is 2.44 bits per heavy atom. The summed E-state index contributed by atoms with van der Waals surface area (Å²) in [6, 6.07) is 23.6. The van der Waals surface area contributed by atoms with Gasteiger partial charge < -0.3 is 15.0 Å². The van der Waals surface area contributed by atoms with Crippen LogP contribution in [-0.4, -0.2) is 26.5 Å². The maximum absolute atomic E-state index is 13.6. The molecule has 0 saturated heterocycles. The number of para-hydroxylation sites is 1. The second-order valence-corrected chi connectivity index (χ2v) is 8.69. The molecule has 0 radical (unpaired) electrons. The van der Waals surface area contributed by atoms with Crippen molar-refractivity contribution in [2.45, 2.75) is 32.9 Å². The van der Waals surface area contributed by atoms with E-state index >= 15 is 0 Å². The number of amides is 1. The lowest BCUT2D eigenvalue weighted by atomic mass is 10.1. The Kier molecular flexibility index (Phi) is 6.54. The third-order valence-electron chi connectivity index (χ3n) is 6.07. The quantitative estimate of drug-likeness (QED) is 0.333. The fraction of sp³-hybridized carbons (Fsp3) is 0.172. The molecular weight excluding hydrogens is 455 g/mol. The van der Waals surface area contributed by atoms with Crippen molar-refractivity contribution in [2.24, 2.45) is 0 Å². The van der Waals surface area contributed by atoms with Gasteiger partial charge in [-0.2, -0.15) is 0 Å². The van der Waals surface area contributed by atoms with Crippen molar-refractivity contribution in [3.63, 3.8) is 0 Å². The highest BCUT2D eigenvalue weighted by molar-refractivity contribution is 5.84. The van der Waals surface area contributed by atoms with Crippen LogP contribution in [0.4, 0.5) is 15.9 Å². The highest BCUT2D eigenvalue weighted by Crippen LogP contribution is 2.34. The summed E-state index contributed by atoms with van der Waals surface area (Å²) in [7, 11) is 0. The summed E-state index contributed by atoms with van der Waals surface area (Å²) in [5, 5.41) is 3.46. The number of rotatable bonds is 7. The lowest BCUT2D eigenvalue weighted by Gasteiger charge is -2.27. The monoisotopic (exact) mass is 482 g/mol. The lowest BCUT2D eigenvalue weighted by Crippen LogP contribution is -2.40. The minimum absolute atomic E-state index is 0.136. The first kappa shape index (κ1) is 23.4. The summed E-state index contributed by atoms with van der Waals surface area (Å²) in [5.41, 5.74) is 3.52. The van der Waals surface area contributed by atoms with Crippen LogP contribution in [0.2, 0.25) is 0 Å². The first-order chi connectivity index (χ1) is 17.5. The number of aryl methyl sites for hydroxylation is 1. The number of halogens is 1. The van der Waals surface area contributed by atoms with Crippen molar-refractivity contribution in [1.82, 2.24) is 14.5 Å². The summed E-state index contributed by atoms with van der Waals surface area (Å²) in [4.78, 5) is 19.8. The Morgan fingerprint density at radius 1 is 1.03 bits per heavy atom. The van der Waals surface area contributed by atoms with E-state index in [1.807, 2.05) is 79.2 Å². The summed E-state index contributed by atoms with van der Waals surface area (Å²) in [6.45, 7) is 4.25. The van der Waals surface area contributed by atoms with Gasteiger partial charge >= 0.3 is 0 Å². The second-order valence-electron chi connectivity index (χ2n) is 8.69. The highest BCUT2D eigenvalue weighted by atomic mass is 19.1. The van der Waals surface area contributed by atoms with Crippen LogP contribution in [0.25, 0.3) is 17.5 Å². The zero-order valence-corrected chi connectivity index (χ0v) is 20.2. The molecule has 0 fully saturated rings. The van der Waals surface area contributed by atoms with Crippen molar-refractivity contribution in [1.29, 1.82) is 0 Å². The molecule has 1 aliphatic heterocycles. The van der Waals surface area contributed by atoms with Crippen molar-refractivity contribution in [2.75, 3.05) is 5.32 Å². The van der Waals surface area contributed by atoms with E-state index in [2.05, 4.69) is 5.32 Å². The topological polar surface area (TPSA) is 59.4 Å². The number of fused-ring (bicyclic) bond motifs is 1. The van der Waals surface area contributed by atoms with Crippen molar-refractivity contribution < 1.29 is 13.9 Å². The number of aromatic nitrogens is 2. The normalized spacial score (nSPS) is 13.2. The molecule has 7 heteroatoms. The second kappa shape index (κ2) is 10.1. The van der Waals surface area contributed by atoms with E-state index in [1.165, 1.54) is 12.1 Å². The highest BCUT2D eigenvalue weighted by Gasteiger charge is 2.29. The molecule has 2 heterocycles. The van der Waals surface area contributed by atoms with Gasteiger partial charge in [-0.15, -0.1) is 0 Å². The molecule has 3 aromatic carbocycles. The summed E-state index contributed by atoms with van der Waals surface area (Å²) in [6.07, 6.45) is 3.50. The number of benzene rings is 3. The fourth-order valence-corrected chi connectivity index (χ4v) is 4.11. The predicted octanol–water partition coefficient (Wildman–Crippen LogP) is 6.37. The Morgan fingerprint density at radius 2 is 1.75 bits per heavy atom. The Bertz CT molecular complexity index is 1380. The maximum Gasteiger partial charge on any atom is 0.268 e. The average Bonchev–Trinajstić information content (AvgIpc) is 3.26. The van der Waals surface area contributed by atoms with Crippen LogP contribution in [-0.2, 0) is 11.3 Å². The van der Waals surface area contributed by atoms with Gasteiger partial charge in [-0.3, -0.25) is 9.36 Å². The smallest absolute Gasteiger partial charge is 0.268 e. The Labute approximate surface area is 209 Å². The zero-order valence-electron chi connectivity index (χ0n) is 20.2. The predicted molar refractivity (Wildman–Crippen MR) is 139 cm³/mol. The molecule has 0 spiro atoms. The van der Waals surface area contributed by atoms with Gasteiger partial charge in [0.05, 0.1) is 6.54 Å². The molecule has 6 nitrogen and oxygen atoms in total. The van der Waals surface area contributed by atoms with Crippen LogP contribution in [0.3, 0.4) is 0 Å². The van der Waals surface area contributed by atoms with E-state index in [9.17, 15) is 9.18 Å². The fourth-order valence-electron chi connectivity index (χ4n) is 4.11. The van der Waals surface area contributed by atoms with Gasteiger partial charge in [-0.1, -0.05) is 42.8 Å². The molecule has 1 aliphatic rings. The van der Waals surface area contributed by atoms with E-state index in [-0.39, 0.29) is 18.3 Å². The first-order valence-corrected chi connectivity index (χ1v) is 11.9. The van der Waals surface area contributed by atoms with Gasteiger partial charge in [-0.05, 0) is 61.9 Å². The number of carbonyl (C=O) groups is 1. The molecule has 0 saturated carbocycles. The number of imidazole rings is 1. The van der Waals surface area contributed by atoms with E-state index in [4.69, 9.17) is 9.72 Å². The Hall–Kier alpha value is -4.39. The molecular formula is C29H27FN4O2. The van der Waals surface area contributed by atoms with Crippen LogP contribution in [0.5, 0.6) is 5.75 Å². The summed E-state index contributed by atoms with van der Waals surface area (Å²) < 4.78 is 21.5. The van der Waals surface area contributed by atoms with Crippen molar-refractivity contribution >= 4 is 23.6 Å². The third-order valence-corrected chi connectivity index (χ3v) is 6.07. The van der Waals surface area contributed by atoms with Gasteiger partial charge in [0.2, 0.25) is 0 Å². The number of anilines is 2. The SMILES string of the molecule is CCC(Oc1ccccc1)C(=O)N1C=Cn2c(nc(-c3ccc(F)cc3)c2Nc2ccc(C)cc2)C1. The number of hydrogen-bond donors (Lipinski definition) is 1. The zero-order chi connectivity index (χ0) is 25.1. The summed E-state index contributed by atoms with van der Waals surface area (Å²) in [5.74, 6) is 1.65. The van der Waals surface area contributed by atoms with E-state index < -0.39 is 6.10 Å². The van der Waals surface area contributed by atoms with Gasteiger partial charge in [0.15, 0.2) is 6.10 Å². The van der Waals surface area contributed by atoms with Gasteiger partial charge in [0.1, 0.15) is 28.9 Å². The van der Waals surface area contributed by atoms with Crippen molar-refractivity contribution in [3.8, 4) is 17.0 Å². The molecule has 1 atom stereocenters. The first-order valence-electron chi connectivity index (χ1n) is 11.9. The molecule has 36 heavy (non-hydrogen) atoms. The van der Waals surface area contributed by atoms with Crippen LogP contribution in [0, 0.1) is 12.7 Å². The standard InChI is InChI=1S/C29H27FN4O2/c1-3-25(36-24-7-5-4-6-8-24)29(35)33-17-18-34-26(19-33)32-27(21-11-13-22(30)14-12-21)28(34)31-23-15-9-20(2)10-16-23/h4-18,25,31H,3,19H2,1-2H3. The van der Waals surface area contributed by atoms with Crippen LogP contribution < -0.4 is 10.1 Å². The van der Waals surface area contributed by atoms with Gasteiger partial charge in [-0.25, -0.2) is 9.37 Å². The minimum atomic E-state index is -0.611. The number of carbonyl (C=O) groups excluding carboxylic acids is 1. The summed E-state index contributed by atoms with van der Waals surface area (Å²) >= 11 is 0. The van der Waals surface area contributed by atoms with E-state index in [0.29, 0.717) is 23.7 Å². The molecule has 1 N–H and O–H groups in total. The van der Waals surface area contributed by atoms with Gasteiger partial charge in [0, 0.05) is 23.7 Å².